The van der Waals surface area contributed by atoms with E-state index >= 15 is 0 Å². The summed E-state index contributed by atoms with van der Waals surface area (Å²) < 4.78 is 6.69. The molecule has 3 heterocycles. The van der Waals surface area contributed by atoms with Crippen LogP contribution in [0.1, 0.15) is 37.3 Å². The highest BCUT2D eigenvalue weighted by atomic mass is 28.4. The standard InChI is InChI=1S/C29H39N3O5Si/c1-19-26(38(2,3)36)25(13-15-33)37-29(19)23-16-22(31-27(34)21-10-7-14-30-17-21)11-12-24(23)32(28(29)35)18-20-8-5-4-6-9-20/h4-6,8-9,11-12,16,19,21,25-26,30,33,36H,7,10,13-15,17-18H2,1-3H3,(H,31,34)/t19-,21?,25+,26-,29+/m0/s1. The predicted molar refractivity (Wildman–Crippen MR) is 149 cm³/mol. The van der Waals surface area contributed by atoms with Crippen LogP contribution < -0.4 is 15.5 Å². The van der Waals surface area contributed by atoms with Crippen molar-refractivity contribution in [3.05, 3.63) is 59.7 Å². The zero-order valence-corrected chi connectivity index (χ0v) is 23.4. The number of fused-ring (bicyclic) bond motifs is 2. The maximum absolute atomic E-state index is 14.4. The van der Waals surface area contributed by atoms with Gasteiger partial charge < -0.3 is 30.2 Å². The molecule has 9 heteroatoms. The number of ether oxygens (including phenoxy) is 1. The summed E-state index contributed by atoms with van der Waals surface area (Å²) in [6.07, 6.45) is 1.72. The Morgan fingerprint density at radius 1 is 1.24 bits per heavy atom. The van der Waals surface area contributed by atoms with Crippen molar-refractivity contribution in [2.75, 3.05) is 29.9 Å². The molecule has 5 atom stereocenters. The van der Waals surface area contributed by atoms with Crippen LogP contribution in [0, 0.1) is 11.8 Å². The van der Waals surface area contributed by atoms with Crippen molar-refractivity contribution in [2.24, 2.45) is 11.8 Å². The van der Waals surface area contributed by atoms with Gasteiger partial charge in [-0.2, -0.15) is 0 Å². The average molecular weight is 538 g/mol. The number of anilines is 2. The minimum Gasteiger partial charge on any atom is -0.432 e. The Labute approximate surface area is 225 Å². The van der Waals surface area contributed by atoms with Gasteiger partial charge in [-0.3, -0.25) is 9.59 Å². The smallest absolute Gasteiger partial charge is 0.264 e. The van der Waals surface area contributed by atoms with Crippen LogP contribution in [-0.2, 0) is 26.5 Å². The molecule has 2 saturated heterocycles. The Bertz CT molecular complexity index is 1180. The molecule has 38 heavy (non-hydrogen) atoms. The van der Waals surface area contributed by atoms with Crippen molar-refractivity contribution >= 4 is 31.5 Å². The lowest BCUT2D eigenvalue weighted by Crippen LogP contribution is -2.46. The molecule has 1 unspecified atom stereocenters. The number of carbonyl (C=O) groups is 2. The highest BCUT2D eigenvalue weighted by Crippen LogP contribution is 2.60. The second kappa shape index (κ2) is 10.5. The maximum Gasteiger partial charge on any atom is 0.264 e. The topological polar surface area (TPSA) is 111 Å². The van der Waals surface area contributed by atoms with Crippen molar-refractivity contribution in [3.8, 4) is 0 Å². The van der Waals surface area contributed by atoms with Crippen LogP contribution in [0.25, 0.3) is 0 Å². The van der Waals surface area contributed by atoms with Crippen molar-refractivity contribution < 1.29 is 24.2 Å². The van der Waals surface area contributed by atoms with E-state index in [4.69, 9.17) is 4.74 Å². The molecule has 8 nitrogen and oxygen atoms in total. The third-order valence-electron chi connectivity index (χ3n) is 8.52. The van der Waals surface area contributed by atoms with E-state index in [0.717, 1.165) is 30.6 Å². The van der Waals surface area contributed by atoms with E-state index < -0.39 is 20.0 Å². The van der Waals surface area contributed by atoms with Gasteiger partial charge in [0.25, 0.3) is 5.91 Å². The summed E-state index contributed by atoms with van der Waals surface area (Å²) in [7, 11) is -2.77. The number of aliphatic hydroxyl groups excluding tert-OH is 1. The molecular weight excluding hydrogens is 498 g/mol. The van der Waals surface area contributed by atoms with E-state index in [1.54, 1.807) is 4.90 Å². The van der Waals surface area contributed by atoms with Crippen molar-refractivity contribution in [2.45, 2.75) is 63.1 Å². The molecule has 2 aromatic carbocycles. The third kappa shape index (κ3) is 4.71. The van der Waals surface area contributed by atoms with Crippen LogP contribution in [0.2, 0.25) is 18.6 Å². The van der Waals surface area contributed by atoms with E-state index in [2.05, 4.69) is 10.6 Å². The zero-order valence-electron chi connectivity index (χ0n) is 22.4. The second-order valence-electron chi connectivity index (χ2n) is 11.5. The number of nitrogens with one attached hydrogen (secondary N) is 2. The van der Waals surface area contributed by atoms with E-state index in [1.807, 2.05) is 68.5 Å². The van der Waals surface area contributed by atoms with Crippen LogP contribution >= 0.6 is 0 Å². The molecular formula is C29H39N3O5Si. The molecule has 0 aliphatic carbocycles. The largest absolute Gasteiger partial charge is 0.432 e. The average Bonchev–Trinajstić information content (AvgIpc) is 3.32. The molecule has 0 radical (unpaired) electrons. The normalized spacial score (nSPS) is 29.1. The lowest BCUT2D eigenvalue weighted by Gasteiger charge is -2.32. The Kier molecular flexibility index (Phi) is 7.50. The minimum atomic E-state index is -2.77. The molecule has 1 spiro atoms. The van der Waals surface area contributed by atoms with Crippen LogP contribution in [0.4, 0.5) is 11.4 Å². The molecule has 0 bridgehead atoms. The first kappa shape index (κ1) is 27.0. The fraction of sp³-hybridized carbons (Fsp3) is 0.517. The number of carbonyl (C=O) groups excluding carboxylic acids is 2. The van der Waals surface area contributed by atoms with Crippen molar-refractivity contribution in [1.82, 2.24) is 5.32 Å². The van der Waals surface area contributed by atoms with E-state index in [9.17, 15) is 19.5 Å². The monoisotopic (exact) mass is 537 g/mol. The summed E-state index contributed by atoms with van der Waals surface area (Å²) in [4.78, 5) is 40.4. The Morgan fingerprint density at radius 3 is 2.66 bits per heavy atom. The molecule has 2 aromatic rings. The summed E-state index contributed by atoms with van der Waals surface area (Å²) in [5.41, 5.74) is 1.56. The number of benzene rings is 2. The van der Waals surface area contributed by atoms with Gasteiger partial charge in [-0.15, -0.1) is 0 Å². The van der Waals surface area contributed by atoms with Gasteiger partial charge in [0, 0.05) is 35.9 Å². The summed E-state index contributed by atoms with van der Waals surface area (Å²) >= 11 is 0. The molecule has 0 saturated carbocycles. The first-order chi connectivity index (χ1) is 18.2. The first-order valence-electron chi connectivity index (χ1n) is 13.7. The summed E-state index contributed by atoms with van der Waals surface area (Å²) in [6, 6.07) is 15.5. The molecule has 0 aromatic heterocycles. The van der Waals surface area contributed by atoms with Crippen LogP contribution in [0.15, 0.2) is 48.5 Å². The SMILES string of the molecule is C[C@H]1[C@H]([Si](C)(C)O)[C@@H](CCO)O[C@]12C(=O)N(Cc1ccccc1)c1ccc(NC(=O)C3CCCNC3)cc12. The van der Waals surface area contributed by atoms with Crippen LogP contribution in [-0.4, -0.2) is 55.8 Å². The van der Waals surface area contributed by atoms with E-state index in [0.29, 0.717) is 30.8 Å². The molecule has 3 aliphatic rings. The number of piperidine rings is 1. The number of aliphatic hydroxyl groups is 1. The Balaban J connectivity index is 1.56. The molecule has 2 fully saturated rings. The minimum absolute atomic E-state index is 0.0306. The molecule has 204 valence electrons. The number of rotatable bonds is 7. The predicted octanol–water partition coefficient (Wildman–Crippen LogP) is 3.35. The van der Waals surface area contributed by atoms with E-state index in [1.165, 1.54) is 0 Å². The molecule has 2 amide bonds. The van der Waals surface area contributed by atoms with Gasteiger partial charge in [0.05, 0.1) is 24.3 Å². The third-order valence-corrected chi connectivity index (χ3v) is 11.0. The quantitative estimate of drug-likeness (QED) is 0.403. The fourth-order valence-corrected chi connectivity index (χ4v) is 9.40. The van der Waals surface area contributed by atoms with Gasteiger partial charge in [-0.05, 0) is 62.7 Å². The van der Waals surface area contributed by atoms with Crippen LogP contribution in [0.3, 0.4) is 0 Å². The Morgan fingerprint density at radius 2 is 2.00 bits per heavy atom. The van der Waals surface area contributed by atoms with Crippen molar-refractivity contribution in [1.29, 1.82) is 0 Å². The molecule has 3 aliphatic heterocycles. The first-order valence-corrected chi connectivity index (χ1v) is 16.7. The molecule has 5 rings (SSSR count). The number of nitrogens with zero attached hydrogens (tertiary/aromatic N) is 1. The number of amides is 2. The lowest BCUT2D eigenvalue weighted by atomic mass is 9.82. The lowest BCUT2D eigenvalue weighted by molar-refractivity contribution is -0.146. The number of hydrogen-bond donors (Lipinski definition) is 4. The molecule has 4 N–H and O–H groups in total. The van der Waals surface area contributed by atoms with Gasteiger partial charge in [0.1, 0.15) is 0 Å². The maximum atomic E-state index is 14.4. The Hall–Kier alpha value is -2.56. The van der Waals surface area contributed by atoms with Crippen molar-refractivity contribution in [3.63, 3.8) is 0 Å². The highest BCUT2D eigenvalue weighted by molar-refractivity contribution is 6.71. The zero-order chi connectivity index (χ0) is 27.1. The van der Waals surface area contributed by atoms with Gasteiger partial charge in [0.2, 0.25) is 5.91 Å². The summed E-state index contributed by atoms with van der Waals surface area (Å²) in [5, 5.41) is 16.2. The van der Waals surface area contributed by atoms with Gasteiger partial charge in [-0.25, -0.2) is 0 Å². The summed E-state index contributed by atoms with van der Waals surface area (Å²) in [6.45, 7) is 7.62. The van der Waals surface area contributed by atoms with Gasteiger partial charge >= 0.3 is 0 Å². The number of hydrogen-bond acceptors (Lipinski definition) is 6. The van der Waals surface area contributed by atoms with E-state index in [-0.39, 0.29) is 35.8 Å². The van der Waals surface area contributed by atoms with Gasteiger partial charge in [-0.1, -0.05) is 37.3 Å². The highest BCUT2D eigenvalue weighted by Gasteiger charge is 2.66. The van der Waals surface area contributed by atoms with Crippen LogP contribution in [0.5, 0.6) is 0 Å². The van der Waals surface area contributed by atoms with Gasteiger partial charge in [0.15, 0.2) is 13.9 Å². The fourth-order valence-electron chi connectivity index (χ4n) is 6.80. The second-order valence-corrected chi connectivity index (χ2v) is 15.5. The summed E-state index contributed by atoms with van der Waals surface area (Å²) in [5.74, 6) is -0.598.